The van der Waals surface area contributed by atoms with Crippen molar-refractivity contribution in [1.82, 2.24) is 39.0 Å². The molecule has 0 radical (unpaired) electrons. The Kier molecular flexibility index (Phi) is 9.61. The molecule has 2 saturated carbocycles. The second-order valence-electron chi connectivity index (χ2n) is 16.7. The number of aryl methyl sites for hydroxylation is 2. The van der Waals surface area contributed by atoms with Crippen LogP contribution in [0.4, 0.5) is 11.6 Å². The van der Waals surface area contributed by atoms with Gasteiger partial charge in [-0.05, 0) is 142 Å². The first-order valence-corrected chi connectivity index (χ1v) is 21.1. The molecule has 0 atom stereocenters. The van der Waals surface area contributed by atoms with Crippen molar-refractivity contribution >= 4 is 34.0 Å². The molecule has 0 aliphatic heterocycles. The van der Waals surface area contributed by atoms with Gasteiger partial charge in [-0.1, -0.05) is 48.0 Å². The van der Waals surface area contributed by atoms with Crippen LogP contribution in [-0.4, -0.2) is 39.0 Å². The minimum atomic E-state index is -0.206. The smallest absolute Gasteiger partial charge is 0.165 e. The summed E-state index contributed by atoms with van der Waals surface area (Å²) in [5, 5.41) is 0. The normalized spacial score (nSPS) is 15.1. The molecule has 0 bridgehead atoms. The van der Waals surface area contributed by atoms with E-state index in [-0.39, 0.29) is 11.1 Å². The summed E-state index contributed by atoms with van der Waals surface area (Å²) < 4.78 is 4.11. The monoisotopic (exact) mass is 816 g/mol. The van der Waals surface area contributed by atoms with Gasteiger partial charge in [0, 0.05) is 46.1 Å². The van der Waals surface area contributed by atoms with Crippen molar-refractivity contribution in [3.8, 4) is 45.4 Å². The number of fused-ring (bicyclic) bond motifs is 2. The largest absolute Gasteiger partial charge is 0.383 e. The van der Waals surface area contributed by atoms with Crippen LogP contribution in [0.5, 0.6) is 0 Å². The van der Waals surface area contributed by atoms with E-state index in [1.165, 1.54) is 29.5 Å². The van der Waals surface area contributed by atoms with Gasteiger partial charge in [-0.15, -0.1) is 0 Å². The highest BCUT2D eigenvalue weighted by atomic mass is 15.2. The van der Waals surface area contributed by atoms with Crippen LogP contribution in [-0.2, 0) is 11.1 Å². The van der Waals surface area contributed by atoms with E-state index in [2.05, 4.69) is 94.3 Å². The average Bonchev–Trinajstić information content (AvgIpc) is 3.83. The zero-order valence-corrected chi connectivity index (χ0v) is 34.8. The van der Waals surface area contributed by atoms with Crippen molar-refractivity contribution in [3.05, 3.63) is 156 Å². The third kappa shape index (κ3) is 6.92. The van der Waals surface area contributed by atoms with Crippen molar-refractivity contribution < 1.29 is 0 Å². The Morgan fingerprint density at radius 1 is 0.516 bits per heavy atom. The number of hydrogen-bond donors (Lipinski definition) is 4. The molecule has 2 aliphatic rings. The van der Waals surface area contributed by atoms with Gasteiger partial charge in [0.1, 0.15) is 22.7 Å². The molecule has 0 spiro atoms. The van der Waals surface area contributed by atoms with Gasteiger partial charge in [-0.3, -0.25) is 9.13 Å². The SMILES string of the molecule is Cc1ccc2nc(-c3cccnc3N)n(-c3ccc(C4(N)CCC4)cc3)c2n1.Cc1cccc(-c2ccc3nc(-c4cccnc4N)n(-c4ccc(C5(N)CCC5)cc4)c3n2)c1. The van der Waals surface area contributed by atoms with Gasteiger partial charge in [0.25, 0.3) is 0 Å². The van der Waals surface area contributed by atoms with E-state index >= 15 is 0 Å². The van der Waals surface area contributed by atoms with Gasteiger partial charge in [0.2, 0.25) is 0 Å². The second kappa shape index (κ2) is 15.3. The molecule has 9 aromatic rings. The molecule has 11 rings (SSSR count). The first-order valence-electron chi connectivity index (χ1n) is 21.1. The molecule has 6 aromatic heterocycles. The lowest BCUT2D eigenvalue weighted by Gasteiger charge is -2.38. The fourth-order valence-electron chi connectivity index (χ4n) is 8.62. The number of anilines is 2. The van der Waals surface area contributed by atoms with Gasteiger partial charge < -0.3 is 22.9 Å². The van der Waals surface area contributed by atoms with Crippen molar-refractivity contribution in [2.45, 2.75) is 63.5 Å². The standard InChI is InChI=1S/C28H26N6.C22H22N6/c1-18-5-2-6-19(17-18)23-12-13-24-27(32-23)34(26(33-24)22-7-3-16-31-25(22)29)21-10-8-20(9-11-21)28(30)14-4-15-28;1-14-5-10-18-21(26-14)28(20(27-18)17-4-2-13-25-19(17)23)16-8-6-15(7-9-16)22(24)11-3-12-22/h2-3,5-13,16-17H,4,14-15,30H2,1H3,(H2,29,31);2,4-10,13H,3,11-12,24H2,1H3,(H2,23,25). The Hall–Kier alpha value is -7.28. The summed E-state index contributed by atoms with van der Waals surface area (Å²) in [5.74, 6) is 2.33. The number of aromatic nitrogens is 8. The van der Waals surface area contributed by atoms with Gasteiger partial charge in [0.15, 0.2) is 22.9 Å². The number of benzene rings is 3. The van der Waals surface area contributed by atoms with Crippen molar-refractivity contribution in [2.24, 2.45) is 11.5 Å². The molecule has 12 nitrogen and oxygen atoms in total. The summed E-state index contributed by atoms with van der Waals surface area (Å²) >= 11 is 0. The first kappa shape index (κ1) is 38.9. The Balaban J connectivity index is 0.000000151. The number of hydrogen-bond acceptors (Lipinski definition) is 10. The minimum absolute atomic E-state index is 0.180. The predicted molar refractivity (Wildman–Crippen MR) is 247 cm³/mol. The number of nitrogens with two attached hydrogens (primary N) is 4. The zero-order chi connectivity index (χ0) is 42.6. The molecule has 62 heavy (non-hydrogen) atoms. The highest BCUT2D eigenvalue weighted by Gasteiger charge is 2.35. The van der Waals surface area contributed by atoms with E-state index in [1.807, 2.05) is 60.0 Å². The third-order valence-corrected chi connectivity index (χ3v) is 12.5. The van der Waals surface area contributed by atoms with Crippen LogP contribution >= 0.6 is 0 Å². The maximum atomic E-state index is 6.56. The van der Waals surface area contributed by atoms with Crippen molar-refractivity contribution in [3.63, 3.8) is 0 Å². The molecule has 0 amide bonds. The lowest BCUT2D eigenvalue weighted by molar-refractivity contribution is 0.253. The Bertz CT molecular complexity index is 3100. The summed E-state index contributed by atoms with van der Waals surface area (Å²) in [6.45, 7) is 4.07. The fraction of sp³-hybridized carbons (Fsp3) is 0.200. The lowest BCUT2D eigenvalue weighted by Crippen LogP contribution is -2.43. The summed E-state index contributed by atoms with van der Waals surface area (Å²) in [6, 6.07) is 40.8. The molecule has 8 N–H and O–H groups in total. The molecular weight excluding hydrogens is 769 g/mol. The number of imidazole rings is 2. The maximum absolute atomic E-state index is 6.56. The van der Waals surface area contributed by atoms with Gasteiger partial charge >= 0.3 is 0 Å². The summed E-state index contributed by atoms with van der Waals surface area (Å²) in [6.07, 6.45) is 9.88. The molecule has 3 aromatic carbocycles. The van der Waals surface area contributed by atoms with Crippen LogP contribution in [0.25, 0.3) is 67.7 Å². The highest BCUT2D eigenvalue weighted by molar-refractivity contribution is 5.85. The van der Waals surface area contributed by atoms with Gasteiger partial charge in [-0.25, -0.2) is 29.9 Å². The Morgan fingerprint density at radius 2 is 1.02 bits per heavy atom. The van der Waals surface area contributed by atoms with Crippen molar-refractivity contribution in [2.75, 3.05) is 11.5 Å². The number of nitrogen functional groups attached to an aromatic ring is 2. The first-order chi connectivity index (χ1) is 30.1. The van der Waals surface area contributed by atoms with Crippen LogP contribution in [0.3, 0.4) is 0 Å². The highest BCUT2D eigenvalue weighted by Crippen LogP contribution is 2.41. The molecule has 308 valence electrons. The van der Waals surface area contributed by atoms with E-state index in [0.29, 0.717) is 17.5 Å². The zero-order valence-electron chi connectivity index (χ0n) is 34.8. The Labute approximate surface area is 359 Å². The van der Waals surface area contributed by atoms with E-state index in [0.717, 1.165) is 93.3 Å². The number of nitrogens with zero attached hydrogens (tertiary/aromatic N) is 8. The topological polar surface area (TPSA) is 191 Å². The third-order valence-electron chi connectivity index (χ3n) is 12.5. The molecule has 2 aliphatic carbocycles. The fourth-order valence-corrected chi connectivity index (χ4v) is 8.62. The quantitative estimate of drug-likeness (QED) is 0.121. The summed E-state index contributed by atoms with van der Waals surface area (Å²) in [7, 11) is 0. The molecule has 0 unspecified atom stereocenters. The van der Waals surface area contributed by atoms with E-state index in [4.69, 9.17) is 42.9 Å². The number of pyridine rings is 4. The van der Waals surface area contributed by atoms with E-state index < -0.39 is 0 Å². The average molecular weight is 817 g/mol. The van der Waals surface area contributed by atoms with Crippen LogP contribution in [0.2, 0.25) is 0 Å². The van der Waals surface area contributed by atoms with Crippen LogP contribution in [0.1, 0.15) is 60.9 Å². The van der Waals surface area contributed by atoms with Crippen LogP contribution in [0.15, 0.2) is 134 Å². The maximum Gasteiger partial charge on any atom is 0.165 e. The lowest BCUT2D eigenvalue weighted by atomic mass is 9.73. The van der Waals surface area contributed by atoms with E-state index in [1.54, 1.807) is 12.4 Å². The molecule has 0 saturated heterocycles. The van der Waals surface area contributed by atoms with Crippen molar-refractivity contribution in [1.29, 1.82) is 0 Å². The molecule has 2 fully saturated rings. The summed E-state index contributed by atoms with van der Waals surface area (Å²) in [5.41, 5.74) is 38.2. The van der Waals surface area contributed by atoms with E-state index in [9.17, 15) is 0 Å². The van der Waals surface area contributed by atoms with Gasteiger partial charge in [-0.2, -0.15) is 0 Å². The summed E-state index contributed by atoms with van der Waals surface area (Å²) in [4.78, 5) is 28.1. The molecule has 6 heterocycles. The van der Waals surface area contributed by atoms with Crippen LogP contribution in [0, 0.1) is 13.8 Å². The predicted octanol–water partition coefficient (Wildman–Crippen LogP) is 9.09. The second-order valence-corrected chi connectivity index (χ2v) is 16.7. The molecular formula is C50H48N12. The molecule has 12 heteroatoms. The number of rotatable bonds is 7. The van der Waals surface area contributed by atoms with Gasteiger partial charge in [0.05, 0.1) is 16.8 Å². The Morgan fingerprint density at radius 3 is 1.48 bits per heavy atom. The van der Waals surface area contributed by atoms with Crippen LogP contribution < -0.4 is 22.9 Å². The minimum Gasteiger partial charge on any atom is -0.383 e.